The SMILES string of the molecule is CC(C)c1c2cc(-c3nc(Nc4ccc(S(=O)(=O)N5CC6(CCNCC6)C5)cn4)ncc3F)cnc2nn1C. The van der Waals surface area contributed by atoms with Gasteiger partial charge in [-0.25, -0.2) is 32.7 Å². The van der Waals surface area contributed by atoms with E-state index in [1.54, 1.807) is 10.7 Å². The fourth-order valence-electron chi connectivity index (χ4n) is 5.56. The minimum atomic E-state index is -3.61. The highest BCUT2D eigenvalue weighted by molar-refractivity contribution is 7.89. The number of hydrogen-bond acceptors (Lipinski definition) is 9. The standard InChI is InChI=1S/C26H30FN9O2S/c1-16(2)23-19-10-17(11-30-24(19)34-35(23)3)22-20(27)13-31-25(33-22)32-21-5-4-18(12-29-21)39(37,38)36-14-26(15-36)6-8-28-9-7-26/h4-5,10-13,16,28H,6-9,14-15H2,1-3H3,(H,29,31,32,33). The largest absolute Gasteiger partial charge is 0.317 e. The van der Waals surface area contributed by atoms with E-state index < -0.39 is 15.8 Å². The summed E-state index contributed by atoms with van der Waals surface area (Å²) in [5.74, 6) is 0.0784. The molecule has 0 radical (unpaired) electrons. The Labute approximate surface area is 226 Å². The van der Waals surface area contributed by atoms with E-state index in [-0.39, 0.29) is 27.9 Å². The van der Waals surface area contributed by atoms with Crippen molar-refractivity contribution in [2.75, 3.05) is 31.5 Å². The van der Waals surface area contributed by atoms with Crippen molar-refractivity contribution in [3.8, 4) is 11.3 Å². The first-order chi connectivity index (χ1) is 18.6. The first-order valence-corrected chi connectivity index (χ1v) is 14.4. The molecule has 2 fully saturated rings. The molecule has 4 aromatic rings. The fourth-order valence-corrected chi connectivity index (χ4v) is 7.17. The Balaban J connectivity index is 1.21. The Morgan fingerprint density at radius 3 is 2.54 bits per heavy atom. The van der Waals surface area contributed by atoms with Gasteiger partial charge in [-0.15, -0.1) is 0 Å². The number of fused-ring (bicyclic) bond motifs is 1. The molecule has 2 N–H and O–H groups in total. The van der Waals surface area contributed by atoms with E-state index in [1.807, 2.05) is 13.1 Å². The van der Waals surface area contributed by atoms with Crippen molar-refractivity contribution < 1.29 is 12.8 Å². The van der Waals surface area contributed by atoms with Crippen molar-refractivity contribution in [1.29, 1.82) is 0 Å². The maximum absolute atomic E-state index is 14.8. The second kappa shape index (κ2) is 9.57. The summed E-state index contributed by atoms with van der Waals surface area (Å²) in [4.78, 5) is 17.2. The van der Waals surface area contributed by atoms with Crippen LogP contribution < -0.4 is 10.6 Å². The lowest BCUT2D eigenvalue weighted by Gasteiger charge is -2.51. The Morgan fingerprint density at radius 2 is 1.85 bits per heavy atom. The van der Waals surface area contributed by atoms with Gasteiger partial charge >= 0.3 is 0 Å². The number of pyridine rings is 2. The van der Waals surface area contributed by atoms with E-state index in [0.29, 0.717) is 30.1 Å². The number of rotatable bonds is 6. The summed E-state index contributed by atoms with van der Waals surface area (Å²) < 4.78 is 44.3. The van der Waals surface area contributed by atoms with Gasteiger partial charge in [0, 0.05) is 48.9 Å². The molecule has 6 heterocycles. The van der Waals surface area contributed by atoms with Crippen molar-refractivity contribution >= 4 is 32.8 Å². The minimum absolute atomic E-state index is 0.0873. The van der Waals surface area contributed by atoms with Crippen LogP contribution in [0.2, 0.25) is 0 Å². The van der Waals surface area contributed by atoms with E-state index in [9.17, 15) is 12.8 Å². The van der Waals surface area contributed by atoms with Crippen LogP contribution in [0.25, 0.3) is 22.3 Å². The van der Waals surface area contributed by atoms with Crippen molar-refractivity contribution in [1.82, 2.24) is 39.3 Å². The Kier molecular flexibility index (Phi) is 6.31. The van der Waals surface area contributed by atoms with E-state index >= 15 is 0 Å². The fraction of sp³-hybridized carbons (Fsp3) is 0.423. The maximum atomic E-state index is 14.8. The average molecular weight is 552 g/mol. The van der Waals surface area contributed by atoms with Gasteiger partial charge in [-0.3, -0.25) is 4.68 Å². The number of nitrogens with one attached hydrogen (secondary N) is 2. The number of hydrogen-bond donors (Lipinski definition) is 2. The molecule has 0 unspecified atom stereocenters. The molecule has 2 saturated heterocycles. The molecule has 11 nitrogen and oxygen atoms in total. The van der Waals surface area contributed by atoms with Crippen molar-refractivity contribution in [2.45, 2.75) is 37.5 Å². The number of piperidine rings is 1. The molecule has 0 amide bonds. The number of sulfonamides is 1. The van der Waals surface area contributed by atoms with Crippen LogP contribution in [0.3, 0.4) is 0 Å². The summed E-state index contributed by atoms with van der Waals surface area (Å²) in [7, 11) is -1.75. The van der Waals surface area contributed by atoms with Gasteiger partial charge < -0.3 is 10.6 Å². The minimum Gasteiger partial charge on any atom is -0.317 e. The normalized spacial score (nSPS) is 17.6. The molecule has 6 rings (SSSR count). The van der Waals surface area contributed by atoms with E-state index in [1.165, 1.54) is 22.8 Å². The van der Waals surface area contributed by atoms with Crippen LogP contribution in [-0.4, -0.2) is 68.6 Å². The zero-order valence-corrected chi connectivity index (χ0v) is 22.8. The second-order valence-electron chi connectivity index (χ2n) is 10.7. The van der Waals surface area contributed by atoms with Crippen LogP contribution in [-0.2, 0) is 17.1 Å². The van der Waals surface area contributed by atoms with E-state index in [2.05, 4.69) is 49.5 Å². The number of aryl methyl sites for hydroxylation is 1. The third-order valence-corrected chi connectivity index (χ3v) is 9.38. The number of aromatic nitrogens is 6. The monoisotopic (exact) mass is 551 g/mol. The van der Waals surface area contributed by atoms with E-state index in [0.717, 1.165) is 43.2 Å². The molecule has 0 aromatic carbocycles. The van der Waals surface area contributed by atoms with Crippen molar-refractivity contribution in [3.05, 3.63) is 48.3 Å². The van der Waals surface area contributed by atoms with E-state index in [4.69, 9.17) is 0 Å². The van der Waals surface area contributed by atoms with Crippen LogP contribution in [0.4, 0.5) is 16.2 Å². The van der Waals surface area contributed by atoms with Crippen LogP contribution in [0, 0.1) is 11.2 Å². The summed E-state index contributed by atoms with van der Waals surface area (Å²) in [5, 5.41) is 11.5. The third-order valence-electron chi connectivity index (χ3n) is 7.60. The molecule has 13 heteroatoms. The first-order valence-electron chi connectivity index (χ1n) is 12.9. The highest BCUT2D eigenvalue weighted by atomic mass is 32.2. The summed E-state index contributed by atoms with van der Waals surface area (Å²) in [6.07, 6.45) is 5.93. The Bertz CT molecular complexity index is 1640. The molecule has 0 bridgehead atoms. The molecule has 0 saturated carbocycles. The van der Waals surface area contributed by atoms with Gasteiger partial charge in [-0.1, -0.05) is 13.8 Å². The predicted molar refractivity (Wildman–Crippen MR) is 144 cm³/mol. The van der Waals surface area contributed by atoms with Crippen molar-refractivity contribution in [3.63, 3.8) is 0 Å². The topological polar surface area (TPSA) is 131 Å². The number of anilines is 2. The van der Waals surface area contributed by atoms with Gasteiger partial charge in [0.05, 0.1) is 11.9 Å². The lowest BCUT2D eigenvalue weighted by molar-refractivity contribution is 0.0373. The Morgan fingerprint density at radius 1 is 1.08 bits per heavy atom. The molecule has 39 heavy (non-hydrogen) atoms. The van der Waals surface area contributed by atoms with Crippen LogP contribution in [0.1, 0.15) is 38.3 Å². The third kappa shape index (κ3) is 4.64. The summed E-state index contributed by atoms with van der Waals surface area (Å²) in [6.45, 7) is 7.07. The predicted octanol–water partition coefficient (Wildman–Crippen LogP) is 3.20. The molecule has 2 aliphatic heterocycles. The van der Waals surface area contributed by atoms with Gasteiger partial charge in [0.1, 0.15) is 16.4 Å². The molecular weight excluding hydrogens is 521 g/mol. The summed E-state index contributed by atoms with van der Waals surface area (Å²) in [6, 6.07) is 4.90. The van der Waals surface area contributed by atoms with Crippen molar-refractivity contribution in [2.24, 2.45) is 12.5 Å². The smallest absolute Gasteiger partial charge is 0.244 e. The lowest BCUT2D eigenvalue weighted by Crippen LogP contribution is -2.61. The molecule has 4 aromatic heterocycles. The molecule has 0 aliphatic carbocycles. The average Bonchev–Trinajstić information content (AvgIpc) is 3.24. The van der Waals surface area contributed by atoms with Gasteiger partial charge in [-0.05, 0) is 50.0 Å². The summed E-state index contributed by atoms with van der Waals surface area (Å²) >= 11 is 0. The zero-order chi connectivity index (χ0) is 27.4. The summed E-state index contributed by atoms with van der Waals surface area (Å²) in [5.41, 5.74) is 2.26. The number of nitrogens with zero attached hydrogens (tertiary/aromatic N) is 7. The molecule has 2 aliphatic rings. The molecule has 1 spiro atoms. The van der Waals surface area contributed by atoms with Crippen LogP contribution >= 0.6 is 0 Å². The Hall–Kier alpha value is -3.55. The lowest BCUT2D eigenvalue weighted by atomic mass is 9.74. The highest BCUT2D eigenvalue weighted by Gasteiger charge is 2.48. The highest BCUT2D eigenvalue weighted by Crippen LogP contribution is 2.41. The zero-order valence-electron chi connectivity index (χ0n) is 22.0. The first kappa shape index (κ1) is 25.7. The van der Waals surface area contributed by atoms with Crippen LogP contribution in [0.15, 0.2) is 41.7 Å². The molecule has 204 valence electrons. The molecule has 0 atom stereocenters. The molecular formula is C26H30FN9O2S. The van der Waals surface area contributed by atoms with Gasteiger partial charge in [0.15, 0.2) is 11.5 Å². The van der Waals surface area contributed by atoms with Gasteiger partial charge in [0.25, 0.3) is 0 Å². The number of halogens is 1. The maximum Gasteiger partial charge on any atom is 0.244 e. The van der Waals surface area contributed by atoms with Gasteiger partial charge in [0.2, 0.25) is 16.0 Å². The van der Waals surface area contributed by atoms with Crippen LogP contribution in [0.5, 0.6) is 0 Å². The van der Waals surface area contributed by atoms with Gasteiger partial charge in [-0.2, -0.15) is 9.40 Å². The quantitative estimate of drug-likeness (QED) is 0.371. The second-order valence-corrected chi connectivity index (χ2v) is 12.6.